The van der Waals surface area contributed by atoms with Crippen LogP contribution in [0.25, 0.3) is 73.5 Å². The topological polar surface area (TPSA) is 64.7 Å². The summed E-state index contributed by atoms with van der Waals surface area (Å²) in [5, 5.41) is 2.50. The molecule has 0 aliphatic heterocycles. The number of aromatic nitrogens is 4. The zero-order chi connectivity index (χ0) is 38.2. The monoisotopic (exact) mass is 704 g/mol. The summed E-state index contributed by atoms with van der Waals surface area (Å²) >= 11 is 0. The third-order valence-corrected chi connectivity index (χ3v) is 9.51. The highest BCUT2D eigenvalue weighted by Gasteiger charge is 2.17. The molecular weight excluding hydrogens is 659 g/mol. The van der Waals surface area contributed by atoms with E-state index in [1.165, 1.54) is 32.9 Å². The average Bonchev–Trinajstić information content (AvgIpc) is 3.64. The van der Waals surface area contributed by atoms with Gasteiger partial charge in [-0.15, -0.1) is 0 Å². The number of hydrogen-bond acceptors (Lipinski definition) is 5. The molecular formula is C48H45BN4O. The van der Waals surface area contributed by atoms with Crippen LogP contribution in [0, 0.1) is 6.92 Å². The van der Waals surface area contributed by atoms with Crippen LogP contribution in [0.5, 0.6) is 0 Å². The van der Waals surface area contributed by atoms with E-state index in [4.69, 9.17) is 24.4 Å². The third-order valence-electron chi connectivity index (χ3n) is 9.51. The number of aryl methyl sites for hydroxylation is 1. The predicted octanol–water partition coefficient (Wildman–Crippen LogP) is 11.8. The van der Waals surface area contributed by atoms with Gasteiger partial charge in [-0.2, -0.15) is 0 Å². The van der Waals surface area contributed by atoms with Crippen molar-refractivity contribution in [1.29, 1.82) is 0 Å². The zero-order valence-corrected chi connectivity index (χ0v) is 32.0. The van der Waals surface area contributed by atoms with Crippen LogP contribution in [0.4, 0.5) is 0 Å². The molecule has 4 aromatic carbocycles. The first kappa shape index (κ1) is 37.4. The Morgan fingerprint density at radius 2 is 1.46 bits per heavy atom. The third kappa shape index (κ3) is 7.84. The second kappa shape index (κ2) is 17.0. The van der Waals surface area contributed by atoms with Crippen LogP contribution in [-0.2, 0) is 0 Å². The van der Waals surface area contributed by atoms with Gasteiger partial charge in [0.2, 0.25) is 5.89 Å². The SMILES string of the molecule is C=C/C=C\c1c(/C=C\C=C)c(BC)c2ccc(/C(C)=C/C(=C\C)c3nc4ccc(-c5nc(/C(C)=C/C=C\C)nc(-c6ccccc6)n5)cc4o3)cc2c1C. The molecule has 2 aromatic heterocycles. The largest absolute Gasteiger partial charge is 0.436 e. The molecule has 0 radical (unpaired) electrons. The van der Waals surface area contributed by atoms with E-state index in [2.05, 4.69) is 70.3 Å². The van der Waals surface area contributed by atoms with Gasteiger partial charge in [0, 0.05) is 16.7 Å². The van der Waals surface area contributed by atoms with Crippen molar-refractivity contribution in [3.05, 3.63) is 169 Å². The van der Waals surface area contributed by atoms with Gasteiger partial charge in [-0.05, 0) is 109 Å². The van der Waals surface area contributed by atoms with E-state index < -0.39 is 0 Å². The Morgan fingerprint density at radius 3 is 2.15 bits per heavy atom. The van der Waals surface area contributed by atoms with Gasteiger partial charge in [0.05, 0.1) is 0 Å². The Hall–Kier alpha value is -6.40. The molecule has 0 atom stereocenters. The van der Waals surface area contributed by atoms with E-state index in [0.29, 0.717) is 28.9 Å². The number of benzene rings is 4. The van der Waals surface area contributed by atoms with E-state index in [9.17, 15) is 0 Å². The molecule has 54 heavy (non-hydrogen) atoms. The quantitative estimate of drug-likeness (QED) is 0.0937. The molecule has 0 saturated carbocycles. The summed E-state index contributed by atoms with van der Waals surface area (Å²) in [6.45, 7) is 20.3. The number of oxazole rings is 1. The molecule has 0 saturated heterocycles. The average molecular weight is 705 g/mol. The molecule has 0 unspecified atom stereocenters. The Bertz CT molecular complexity index is 2560. The molecule has 6 aromatic rings. The first-order valence-electron chi connectivity index (χ1n) is 18.3. The van der Waals surface area contributed by atoms with Crippen molar-refractivity contribution in [2.45, 2.75) is 41.4 Å². The maximum absolute atomic E-state index is 6.44. The van der Waals surface area contributed by atoms with Gasteiger partial charge in [0.1, 0.15) is 5.52 Å². The van der Waals surface area contributed by atoms with Gasteiger partial charge in [-0.3, -0.25) is 0 Å². The molecule has 0 bridgehead atoms. The van der Waals surface area contributed by atoms with Crippen molar-refractivity contribution in [3.63, 3.8) is 0 Å². The summed E-state index contributed by atoms with van der Waals surface area (Å²) < 4.78 is 6.44. The summed E-state index contributed by atoms with van der Waals surface area (Å²) in [6, 6.07) is 22.6. The highest BCUT2D eigenvalue weighted by molar-refractivity contribution is 6.57. The van der Waals surface area contributed by atoms with Crippen LogP contribution in [0.2, 0.25) is 6.82 Å². The molecule has 0 spiro atoms. The minimum absolute atomic E-state index is 0.552. The maximum atomic E-state index is 6.44. The van der Waals surface area contributed by atoms with Crippen LogP contribution in [0.3, 0.4) is 0 Å². The number of fused-ring (bicyclic) bond motifs is 2. The first-order valence-corrected chi connectivity index (χ1v) is 18.3. The second-order valence-electron chi connectivity index (χ2n) is 13.1. The minimum atomic E-state index is 0.552. The van der Waals surface area contributed by atoms with E-state index in [0.717, 1.165) is 46.2 Å². The van der Waals surface area contributed by atoms with E-state index >= 15 is 0 Å². The highest BCUT2D eigenvalue weighted by Crippen LogP contribution is 2.32. The van der Waals surface area contributed by atoms with Crippen molar-refractivity contribution in [2.24, 2.45) is 0 Å². The molecule has 5 nitrogen and oxygen atoms in total. The molecule has 2 heterocycles. The predicted molar refractivity (Wildman–Crippen MR) is 234 cm³/mol. The Kier molecular flexibility index (Phi) is 11.7. The fourth-order valence-corrected chi connectivity index (χ4v) is 6.62. The minimum Gasteiger partial charge on any atom is -0.436 e. The molecule has 6 heteroatoms. The van der Waals surface area contributed by atoms with Crippen LogP contribution >= 0.6 is 0 Å². The highest BCUT2D eigenvalue weighted by atomic mass is 16.3. The van der Waals surface area contributed by atoms with Gasteiger partial charge in [-0.1, -0.05) is 129 Å². The molecule has 0 aliphatic carbocycles. The lowest BCUT2D eigenvalue weighted by molar-refractivity contribution is 0.585. The molecule has 6 rings (SSSR count). The van der Waals surface area contributed by atoms with Crippen molar-refractivity contribution in [3.8, 4) is 22.8 Å². The molecule has 0 amide bonds. The van der Waals surface area contributed by atoms with E-state index in [1.54, 1.807) is 0 Å². The van der Waals surface area contributed by atoms with Crippen LogP contribution < -0.4 is 5.46 Å². The van der Waals surface area contributed by atoms with Gasteiger partial charge in [-0.25, -0.2) is 19.9 Å². The fraction of sp³-hybridized carbons (Fsp3) is 0.125. The lowest BCUT2D eigenvalue weighted by Gasteiger charge is -2.18. The lowest BCUT2D eigenvalue weighted by Crippen LogP contribution is -2.18. The molecule has 0 N–H and O–H groups in total. The van der Waals surface area contributed by atoms with Crippen LogP contribution in [-0.4, -0.2) is 27.2 Å². The van der Waals surface area contributed by atoms with Crippen LogP contribution in [0.1, 0.15) is 61.7 Å². The van der Waals surface area contributed by atoms with Crippen molar-refractivity contribution >= 4 is 63.5 Å². The Labute approximate surface area is 319 Å². The number of allylic oxidation sites excluding steroid dienone is 12. The lowest BCUT2D eigenvalue weighted by atomic mass is 9.66. The van der Waals surface area contributed by atoms with Crippen molar-refractivity contribution in [1.82, 2.24) is 19.9 Å². The van der Waals surface area contributed by atoms with E-state index in [1.807, 2.05) is 118 Å². The fourth-order valence-electron chi connectivity index (χ4n) is 6.62. The summed E-state index contributed by atoms with van der Waals surface area (Å²) in [4.78, 5) is 19.5. The summed E-state index contributed by atoms with van der Waals surface area (Å²) in [6.07, 6.45) is 22.1. The van der Waals surface area contributed by atoms with Crippen molar-refractivity contribution in [2.75, 3.05) is 0 Å². The van der Waals surface area contributed by atoms with E-state index in [-0.39, 0.29) is 0 Å². The standard InChI is InChI=1S/C48H45BN4O/c1-9-13-19-31(5)45-51-46(35-20-17-16-18-21-35)53-47(52-45)37-25-27-42-43(30-37)54-48(50-42)34(12-4)28-32(6)36-24-26-40-41(29-36)33(7)38(22-14-10-2)39(23-15-11-3)44(40)49-8/h9-30,49H,2-3H2,1,4-8H3/b13-9-,22-14-,23-15-,31-19+,32-28+,34-12+. The number of nitrogens with zero attached hydrogens (tertiary/aromatic N) is 4. The van der Waals surface area contributed by atoms with Crippen molar-refractivity contribution < 1.29 is 4.42 Å². The number of hydrogen-bond donors (Lipinski definition) is 0. The first-order chi connectivity index (χ1) is 26.3. The summed E-state index contributed by atoms with van der Waals surface area (Å²) in [5.74, 6) is 2.36. The molecule has 0 fully saturated rings. The summed E-state index contributed by atoms with van der Waals surface area (Å²) in [5.41, 5.74) is 12.2. The number of rotatable bonds is 12. The van der Waals surface area contributed by atoms with Gasteiger partial charge < -0.3 is 4.42 Å². The van der Waals surface area contributed by atoms with Gasteiger partial charge >= 0.3 is 0 Å². The second-order valence-corrected chi connectivity index (χ2v) is 13.1. The zero-order valence-electron chi connectivity index (χ0n) is 32.0. The Balaban J connectivity index is 1.38. The smallest absolute Gasteiger partial charge is 0.226 e. The molecule has 266 valence electrons. The van der Waals surface area contributed by atoms with Crippen LogP contribution in [0.15, 0.2) is 139 Å². The maximum Gasteiger partial charge on any atom is 0.226 e. The Morgan fingerprint density at radius 1 is 0.741 bits per heavy atom. The van der Waals surface area contributed by atoms with Gasteiger partial charge in [0.25, 0.3) is 0 Å². The van der Waals surface area contributed by atoms with Gasteiger partial charge in [0.15, 0.2) is 30.3 Å². The normalized spacial score (nSPS) is 12.9. The molecule has 0 aliphatic rings. The summed E-state index contributed by atoms with van der Waals surface area (Å²) in [7, 11) is 0.911.